The number of rotatable bonds is 7. The van der Waals surface area contributed by atoms with Crippen LogP contribution in [0.25, 0.3) is 6.08 Å². The number of hydrogen-bond donors (Lipinski definition) is 1. The van der Waals surface area contributed by atoms with Crippen LogP contribution in [0.1, 0.15) is 22.3 Å². The summed E-state index contributed by atoms with van der Waals surface area (Å²) in [6.45, 7) is 5.63. The molecule has 1 aliphatic rings. The molecule has 0 aromatic heterocycles. The summed E-state index contributed by atoms with van der Waals surface area (Å²) in [5.41, 5.74) is 2.62. The van der Waals surface area contributed by atoms with Gasteiger partial charge in [-0.2, -0.15) is 0 Å². The minimum absolute atomic E-state index is 0.0143. The first-order chi connectivity index (χ1) is 17.7. The van der Waals surface area contributed by atoms with E-state index in [1.54, 1.807) is 54.6 Å². The van der Waals surface area contributed by atoms with Gasteiger partial charge in [-0.25, -0.2) is 14.1 Å². The van der Waals surface area contributed by atoms with E-state index in [9.17, 15) is 18.8 Å². The van der Waals surface area contributed by atoms with Crippen LogP contribution >= 0.6 is 31.9 Å². The van der Waals surface area contributed by atoms with Crippen molar-refractivity contribution in [1.82, 2.24) is 5.32 Å². The number of urea groups is 1. The van der Waals surface area contributed by atoms with Crippen LogP contribution in [0.3, 0.4) is 0 Å². The molecule has 0 bridgehead atoms. The summed E-state index contributed by atoms with van der Waals surface area (Å²) in [6.07, 6.45) is 3.52. The molecule has 3 aromatic carbocycles. The third-order valence-corrected chi connectivity index (χ3v) is 7.13. The zero-order valence-electron chi connectivity index (χ0n) is 19.7. The lowest BCUT2D eigenvalue weighted by Gasteiger charge is -2.26. The van der Waals surface area contributed by atoms with Gasteiger partial charge in [-0.15, -0.1) is 6.58 Å². The van der Waals surface area contributed by atoms with Crippen molar-refractivity contribution in [3.05, 3.63) is 110 Å². The van der Waals surface area contributed by atoms with E-state index in [1.807, 2.05) is 6.92 Å². The predicted octanol–water partition coefficient (Wildman–Crippen LogP) is 6.63. The first kappa shape index (κ1) is 26.5. The standard InChI is InChI=1S/C28H21Br2FN2O4/c1-3-6-18-12-17(14-23(30)25(18)37-15-19-7-4-5-8-24(19)31)13-21-26(34)32-28(36)33(27(21)35)20-9-10-22(29)16(2)11-20/h3-5,7-14H,1,6,15H2,2H3,(H,32,34,36)/b21-13+. The number of hydrogen-bond acceptors (Lipinski definition) is 4. The van der Waals surface area contributed by atoms with Gasteiger partial charge in [0.2, 0.25) is 0 Å². The molecule has 9 heteroatoms. The van der Waals surface area contributed by atoms with E-state index in [2.05, 4.69) is 43.8 Å². The average molecular weight is 628 g/mol. The number of allylic oxidation sites excluding steroid dienone is 1. The summed E-state index contributed by atoms with van der Waals surface area (Å²) in [7, 11) is 0. The third kappa shape index (κ3) is 5.73. The topological polar surface area (TPSA) is 75.7 Å². The maximum atomic E-state index is 14.0. The molecule has 1 N–H and O–H groups in total. The van der Waals surface area contributed by atoms with E-state index < -0.39 is 17.8 Å². The van der Waals surface area contributed by atoms with Crippen LogP contribution in [0.15, 0.2) is 81.8 Å². The van der Waals surface area contributed by atoms with E-state index in [-0.39, 0.29) is 18.0 Å². The number of anilines is 1. The maximum absolute atomic E-state index is 14.0. The summed E-state index contributed by atoms with van der Waals surface area (Å²) >= 11 is 6.89. The highest BCUT2D eigenvalue weighted by Crippen LogP contribution is 2.34. The second-order valence-corrected chi connectivity index (χ2v) is 9.96. The predicted molar refractivity (Wildman–Crippen MR) is 147 cm³/mol. The SMILES string of the molecule is C=CCc1cc(/C=C2\C(=O)NC(=O)N(c3ccc(Br)c(C)c3)C2=O)cc(Br)c1OCc1ccccc1F. The Morgan fingerprint density at radius 3 is 2.49 bits per heavy atom. The second-order valence-electron chi connectivity index (χ2n) is 8.26. The van der Waals surface area contributed by atoms with Gasteiger partial charge in [0.05, 0.1) is 10.2 Å². The highest BCUT2D eigenvalue weighted by Gasteiger charge is 2.37. The van der Waals surface area contributed by atoms with Crippen molar-refractivity contribution in [2.75, 3.05) is 4.90 Å². The maximum Gasteiger partial charge on any atom is 0.335 e. The lowest BCUT2D eigenvalue weighted by Crippen LogP contribution is -2.54. The molecule has 4 amide bonds. The van der Waals surface area contributed by atoms with Crippen LogP contribution in [0.2, 0.25) is 0 Å². The highest BCUT2D eigenvalue weighted by atomic mass is 79.9. The molecule has 0 aliphatic carbocycles. The minimum atomic E-state index is -0.820. The number of aryl methyl sites for hydroxylation is 1. The van der Waals surface area contributed by atoms with Crippen molar-refractivity contribution < 1.29 is 23.5 Å². The second kappa shape index (κ2) is 11.2. The Kier molecular flexibility index (Phi) is 8.04. The molecule has 1 heterocycles. The molecule has 6 nitrogen and oxygen atoms in total. The number of barbiturate groups is 1. The summed E-state index contributed by atoms with van der Waals surface area (Å²) < 4.78 is 21.3. The molecular weight excluding hydrogens is 607 g/mol. The van der Waals surface area contributed by atoms with Gasteiger partial charge >= 0.3 is 6.03 Å². The molecular formula is C28H21Br2FN2O4. The largest absolute Gasteiger partial charge is 0.487 e. The molecule has 0 atom stereocenters. The lowest BCUT2D eigenvalue weighted by molar-refractivity contribution is -0.122. The van der Waals surface area contributed by atoms with Crippen LogP contribution in [0.4, 0.5) is 14.9 Å². The van der Waals surface area contributed by atoms with Gasteiger partial charge in [0.25, 0.3) is 11.8 Å². The Morgan fingerprint density at radius 2 is 1.78 bits per heavy atom. The molecule has 0 unspecified atom stereocenters. The number of carbonyl (C=O) groups excluding carboxylic acids is 3. The number of nitrogens with zero attached hydrogens (tertiary/aromatic N) is 1. The summed E-state index contributed by atoms with van der Waals surface area (Å²) in [5.74, 6) is -1.41. The van der Waals surface area contributed by atoms with Crippen LogP contribution in [-0.4, -0.2) is 17.8 Å². The van der Waals surface area contributed by atoms with Crippen molar-refractivity contribution in [3.63, 3.8) is 0 Å². The highest BCUT2D eigenvalue weighted by molar-refractivity contribution is 9.10. The first-order valence-corrected chi connectivity index (χ1v) is 12.7. The van der Waals surface area contributed by atoms with E-state index in [4.69, 9.17) is 4.74 Å². The molecule has 1 saturated heterocycles. The zero-order valence-corrected chi connectivity index (χ0v) is 22.9. The molecule has 188 valence electrons. The number of carbonyl (C=O) groups is 3. The number of amides is 4. The fourth-order valence-corrected chi connectivity index (χ4v) is 4.70. The number of ether oxygens (including phenoxy) is 1. The van der Waals surface area contributed by atoms with Crippen molar-refractivity contribution >= 4 is 61.5 Å². The molecule has 37 heavy (non-hydrogen) atoms. The molecule has 0 spiro atoms. The van der Waals surface area contributed by atoms with Crippen LogP contribution in [-0.2, 0) is 22.6 Å². The summed E-state index contributed by atoms with van der Waals surface area (Å²) in [6, 6.07) is 14.0. The number of imide groups is 2. The Labute approximate surface area is 230 Å². The van der Waals surface area contributed by atoms with Gasteiger partial charge in [-0.1, -0.05) is 40.2 Å². The van der Waals surface area contributed by atoms with Crippen LogP contribution in [0, 0.1) is 12.7 Å². The van der Waals surface area contributed by atoms with Gasteiger partial charge in [0.1, 0.15) is 23.7 Å². The Morgan fingerprint density at radius 1 is 1.03 bits per heavy atom. The van der Waals surface area contributed by atoms with Gasteiger partial charge in [-0.05, 0) is 88.4 Å². The number of halogens is 3. The van der Waals surface area contributed by atoms with E-state index in [1.165, 1.54) is 12.1 Å². The number of nitrogens with one attached hydrogen (secondary N) is 1. The van der Waals surface area contributed by atoms with Crippen LogP contribution in [0.5, 0.6) is 5.75 Å². The van der Waals surface area contributed by atoms with E-state index >= 15 is 0 Å². The number of benzene rings is 3. The van der Waals surface area contributed by atoms with Gasteiger partial charge in [0, 0.05) is 10.0 Å². The lowest BCUT2D eigenvalue weighted by atomic mass is 10.0. The molecule has 0 radical (unpaired) electrons. The molecule has 1 aliphatic heterocycles. The Bertz CT molecular complexity index is 1470. The van der Waals surface area contributed by atoms with Crippen molar-refractivity contribution in [2.24, 2.45) is 0 Å². The van der Waals surface area contributed by atoms with E-state index in [0.29, 0.717) is 39.0 Å². The fourth-order valence-electron chi connectivity index (χ4n) is 3.82. The van der Waals surface area contributed by atoms with Gasteiger partial charge < -0.3 is 4.74 Å². The Balaban J connectivity index is 1.68. The molecule has 0 saturated carbocycles. The van der Waals surface area contributed by atoms with E-state index in [0.717, 1.165) is 14.9 Å². The zero-order chi connectivity index (χ0) is 26.7. The van der Waals surface area contributed by atoms with Gasteiger partial charge in [-0.3, -0.25) is 14.9 Å². The summed E-state index contributed by atoms with van der Waals surface area (Å²) in [4.78, 5) is 39.4. The Hall–Kier alpha value is -3.56. The third-order valence-electron chi connectivity index (χ3n) is 5.65. The average Bonchev–Trinajstić information content (AvgIpc) is 2.84. The normalized spacial score (nSPS) is 14.6. The minimum Gasteiger partial charge on any atom is -0.487 e. The first-order valence-electron chi connectivity index (χ1n) is 11.2. The molecule has 4 rings (SSSR count). The smallest absolute Gasteiger partial charge is 0.335 e. The monoisotopic (exact) mass is 626 g/mol. The van der Waals surface area contributed by atoms with Gasteiger partial charge in [0.15, 0.2) is 0 Å². The van der Waals surface area contributed by atoms with Crippen molar-refractivity contribution in [3.8, 4) is 5.75 Å². The quantitative estimate of drug-likeness (QED) is 0.181. The molecule has 3 aromatic rings. The molecule has 1 fully saturated rings. The van der Waals surface area contributed by atoms with Crippen LogP contribution < -0.4 is 15.0 Å². The van der Waals surface area contributed by atoms with Crippen molar-refractivity contribution in [1.29, 1.82) is 0 Å². The fraction of sp³-hybridized carbons (Fsp3) is 0.107. The summed E-state index contributed by atoms with van der Waals surface area (Å²) in [5, 5.41) is 2.23. The van der Waals surface area contributed by atoms with Crippen molar-refractivity contribution in [2.45, 2.75) is 20.0 Å².